The lowest BCUT2D eigenvalue weighted by atomic mass is 10.2. The summed E-state index contributed by atoms with van der Waals surface area (Å²) in [6.45, 7) is 0. The highest BCUT2D eigenvalue weighted by Crippen LogP contribution is 2.25. The van der Waals surface area contributed by atoms with Gasteiger partial charge in [-0.05, 0) is 47.8 Å². The Hall–Kier alpha value is -3.38. The predicted molar refractivity (Wildman–Crippen MR) is 104 cm³/mol. The van der Waals surface area contributed by atoms with E-state index in [9.17, 15) is 4.79 Å². The van der Waals surface area contributed by atoms with Gasteiger partial charge in [0, 0.05) is 23.1 Å². The highest BCUT2D eigenvalue weighted by atomic mass is 32.1. The summed E-state index contributed by atoms with van der Waals surface area (Å²) in [5.41, 5.74) is 2.89. The number of thiophene rings is 1. The summed E-state index contributed by atoms with van der Waals surface area (Å²) in [7, 11) is 0. The van der Waals surface area contributed by atoms with Crippen LogP contribution in [0.2, 0.25) is 0 Å². The summed E-state index contributed by atoms with van der Waals surface area (Å²) in [6, 6.07) is 22.9. The van der Waals surface area contributed by atoms with Crippen molar-refractivity contribution in [2.45, 2.75) is 0 Å². The van der Waals surface area contributed by atoms with E-state index in [2.05, 4.69) is 15.8 Å². The summed E-state index contributed by atoms with van der Waals surface area (Å²) >= 11 is 1.53. The molecule has 26 heavy (non-hydrogen) atoms. The second-order valence-corrected chi connectivity index (χ2v) is 6.52. The van der Waals surface area contributed by atoms with Crippen LogP contribution in [0.15, 0.2) is 82.7 Å². The van der Waals surface area contributed by atoms with E-state index in [0.29, 0.717) is 11.4 Å². The van der Waals surface area contributed by atoms with Gasteiger partial charge in [0.1, 0.15) is 0 Å². The van der Waals surface area contributed by atoms with Crippen LogP contribution in [0.1, 0.15) is 10.5 Å². The van der Waals surface area contributed by atoms with Crippen molar-refractivity contribution in [1.82, 2.24) is 5.16 Å². The number of benzene rings is 2. The topological polar surface area (TPSA) is 67.2 Å². The van der Waals surface area contributed by atoms with Crippen LogP contribution < -0.4 is 10.6 Å². The Balaban J connectivity index is 1.41. The maximum atomic E-state index is 12.3. The zero-order valence-electron chi connectivity index (χ0n) is 13.7. The molecule has 0 fully saturated rings. The zero-order valence-corrected chi connectivity index (χ0v) is 14.5. The van der Waals surface area contributed by atoms with Crippen molar-refractivity contribution >= 4 is 34.3 Å². The van der Waals surface area contributed by atoms with Gasteiger partial charge in [0.15, 0.2) is 11.5 Å². The van der Waals surface area contributed by atoms with E-state index in [1.807, 2.05) is 72.1 Å². The lowest BCUT2D eigenvalue weighted by Crippen LogP contribution is -2.12. The van der Waals surface area contributed by atoms with Gasteiger partial charge in [-0.3, -0.25) is 4.79 Å². The van der Waals surface area contributed by atoms with Gasteiger partial charge < -0.3 is 15.2 Å². The first-order valence-corrected chi connectivity index (χ1v) is 8.90. The van der Waals surface area contributed by atoms with E-state index in [-0.39, 0.29) is 11.6 Å². The first-order valence-electron chi connectivity index (χ1n) is 8.02. The zero-order chi connectivity index (χ0) is 17.8. The molecule has 4 rings (SSSR count). The molecule has 6 heteroatoms. The van der Waals surface area contributed by atoms with Crippen LogP contribution >= 0.6 is 11.3 Å². The average Bonchev–Trinajstić information content (AvgIpc) is 3.36. The normalized spacial score (nSPS) is 10.5. The maximum absolute atomic E-state index is 12.3. The molecule has 128 valence electrons. The summed E-state index contributed by atoms with van der Waals surface area (Å²) < 4.78 is 5.24. The fraction of sp³-hybridized carbons (Fsp3) is 0. The van der Waals surface area contributed by atoms with Gasteiger partial charge in [-0.15, -0.1) is 11.3 Å². The number of carbonyl (C=O) groups excluding carboxylic acids is 1. The summed E-state index contributed by atoms with van der Waals surface area (Å²) in [5.74, 6) is 0.285. The molecule has 5 nitrogen and oxygen atoms in total. The molecule has 0 spiro atoms. The van der Waals surface area contributed by atoms with Gasteiger partial charge in [0.2, 0.25) is 0 Å². The number of amides is 1. The molecule has 2 N–H and O–H groups in total. The van der Waals surface area contributed by atoms with Crippen molar-refractivity contribution in [3.05, 3.63) is 83.9 Å². The summed E-state index contributed by atoms with van der Waals surface area (Å²) in [4.78, 5) is 13.3. The number of hydrogen-bond donors (Lipinski definition) is 2. The molecule has 0 aliphatic heterocycles. The van der Waals surface area contributed by atoms with Gasteiger partial charge in [-0.2, -0.15) is 0 Å². The number of para-hydroxylation sites is 1. The Morgan fingerprint density at radius 1 is 0.885 bits per heavy atom. The van der Waals surface area contributed by atoms with Crippen LogP contribution in [-0.2, 0) is 0 Å². The molecule has 0 aliphatic rings. The number of anilines is 3. The van der Waals surface area contributed by atoms with Gasteiger partial charge >= 0.3 is 0 Å². The maximum Gasteiger partial charge on any atom is 0.277 e. The minimum atomic E-state index is -0.305. The smallest absolute Gasteiger partial charge is 0.277 e. The number of nitrogens with one attached hydrogen (secondary N) is 2. The van der Waals surface area contributed by atoms with Crippen molar-refractivity contribution in [1.29, 1.82) is 0 Å². The number of nitrogens with zero attached hydrogens (tertiary/aromatic N) is 1. The largest absolute Gasteiger partial charge is 0.356 e. The minimum absolute atomic E-state index is 0.250. The second kappa shape index (κ2) is 7.25. The Labute approximate surface area is 154 Å². The van der Waals surface area contributed by atoms with Gasteiger partial charge in [-0.25, -0.2) is 0 Å². The molecular weight excluding hydrogens is 346 g/mol. The highest BCUT2D eigenvalue weighted by molar-refractivity contribution is 7.13. The third-order valence-corrected chi connectivity index (χ3v) is 4.60. The molecule has 0 unspecified atom stereocenters. The Morgan fingerprint density at radius 2 is 1.62 bits per heavy atom. The second-order valence-electron chi connectivity index (χ2n) is 5.58. The Bertz CT molecular complexity index is 993. The van der Waals surface area contributed by atoms with Gasteiger partial charge in [-0.1, -0.05) is 29.4 Å². The first-order chi connectivity index (χ1) is 12.8. The fourth-order valence-electron chi connectivity index (χ4n) is 2.44. The molecular formula is C20H15N3O2S. The molecule has 0 saturated carbocycles. The number of carbonyl (C=O) groups is 1. The molecule has 0 radical (unpaired) electrons. The average molecular weight is 361 g/mol. The quantitative estimate of drug-likeness (QED) is 0.499. The highest BCUT2D eigenvalue weighted by Gasteiger charge is 2.14. The van der Waals surface area contributed by atoms with Gasteiger partial charge in [0.25, 0.3) is 5.91 Å². The van der Waals surface area contributed by atoms with Crippen molar-refractivity contribution in [3.8, 4) is 10.6 Å². The molecule has 2 heterocycles. The third-order valence-electron chi connectivity index (χ3n) is 3.71. The van der Waals surface area contributed by atoms with E-state index in [1.165, 1.54) is 11.3 Å². The van der Waals surface area contributed by atoms with Crippen LogP contribution in [0.3, 0.4) is 0 Å². The van der Waals surface area contributed by atoms with Crippen molar-refractivity contribution in [3.63, 3.8) is 0 Å². The van der Waals surface area contributed by atoms with Crippen LogP contribution in [0.4, 0.5) is 17.1 Å². The lowest BCUT2D eigenvalue weighted by Gasteiger charge is -2.08. The first kappa shape index (κ1) is 16.1. The van der Waals surface area contributed by atoms with E-state index < -0.39 is 0 Å². The Kier molecular flexibility index (Phi) is 4.49. The minimum Gasteiger partial charge on any atom is -0.356 e. The number of hydrogen-bond acceptors (Lipinski definition) is 5. The molecule has 2 aromatic heterocycles. The predicted octanol–water partition coefficient (Wildman–Crippen LogP) is 5.40. The monoisotopic (exact) mass is 361 g/mol. The SMILES string of the molecule is O=C(Nc1ccc(Nc2ccccc2)cc1)c1cc(-c2cccs2)on1. The number of aromatic nitrogens is 1. The van der Waals surface area contributed by atoms with E-state index in [0.717, 1.165) is 16.3 Å². The molecule has 2 aromatic carbocycles. The fourth-order valence-corrected chi connectivity index (χ4v) is 3.11. The van der Waals surface area contributed by atoms with Gasteiger partial charge in [0.05, 0.1) is 4.88 Å². The molecule has 0 atom stereocenters. The lowest BCUT2D eigenvalue weighted by molar-refractivity contribution is 0.101. The summed E-state index contributed by atoms with van der Waals surface area (Å²) in [5, 5.41) is 11.9. The Morgan fingerprint density at radius 3 is 2.35 bits per heavy atom. The van der Waals surface area contributed by atoms with Crippen molar-refractivity contribution < 1.29 is 9.32 Å². The van der Waals surface area contributed by atoms with Crippen molar-refractivity contribution in [2.24, 2.45) is 0 Å². The molecule has 0 bridgehead atoms. The van der Waals surface area contributed by atoms with Crippen molar-refractivity contribution in [2.75, 3.05) is 10.6 Å². The van der Waals surface area contributed by atoms with E-state index >= 15 is 0 Å². The molecule has 0 saturated heterocycles. The van der Waals surface area contributed by atoms with Crippen LogP contribution in [0, 0.1) is 0 Å². The van der Waals surface area contributed by atoms with E-state index in [1.54, 1.807) is 6.07 Å². The molecule has 1 amide bonds. The summed E-state index contributed by atoms with van der Waals surface area (Å²) in [6.07, 6.45) is 0. The standard InChI is InChI=1S/C20H15N3O2S/c24-20(17-13-18(25-23-17)19-7-4-12-26-19)22-16-10-8-15(9-11-16)21-14-5-2-1-3-6-14/h1-13,21H,(H,22,24). The van der Waals surface area contributed by atoms with Crippen LogP contribution in [0.5, 0.6) is 0 Å². The van der Waals surface area contributed by atoms with Crippen LogP contribution in [-0.4, -0.2) is 11.1 Å². The number of rotatable bonds is 5. The van der Waals surface area contributed by atoms with Crippen LogP contribution in [0.25, 0.3) is 10.6 Å². The van der Waals surface area contributed by atoms with E-state index in [4.69, 9.17) is 4.52 Å². The molecule has 0 aliphatic carbocycles. The molecule has 4 aromatic rings. The third kappa shape index (κ3) is 3.65.